The lowest BCUT2D eigenvalue weighted by atomic mass is 9.74. The number of rotatable bonds is 7. The third-order valence-electron chi connectivity index (χ3n) is 8.39. The van der Waals surface area contributed by atoms with E-state index in [0.29, 0.717) is 28.7 Å². The van der Waals surface area contributed by atoms with Crippen molar-refractivity contribution >= 4 is 33.8 Å². The molecule has 4 unspecified atom stereocenters. The van der Waals surface area contributed by atoms with Gasteiger partial charge in [0, 0.05) is 54.4 Å². The molecule has 4 aromatic rings. The average Bonchev–Trinajstić information content (AvgIpc) is 3.37. The number of aromatic nitrogens is 2. The fraction of sp³-hybridized carbons (Fsp3) is 0.355. The van der Waals surface area contributed by atoms with Gasteiger partial charge in [-0.2, -0.15) is 5.10 Å². The molecule has 3 aliphatic heterocycles. The zero-order chi connectivity index (χ0) is 26.9. The summed E-state index contributed by atoms with van der Waals surface area (Å²) in [6.07, 6.45) is 2.38. The van der Waals surface area contributed by atoms with E-state index < -0.39 is 0 Å². The molecule has 7 nitrogen and oxygen atoms in total. The van der Waals surface area contributed by atoms with Crippen LogP contribution in [0.5, 0.6) is 11.5 Å². The summed E-state index contributed by atoms with van der Waals surface area (Å²) in [4.78, 5) is 2.63. The second kappa shape index (κ2) is 10.9. The van der Waals surface area contributed by atoms with Crippen LogP contribution in [0.25, 0.3) is 22.0 Å². The number of thiocarbonyl (C=S) groups is 1. The van der Waals surface area contributed by atoms with Crippen molar-refractivity contribution in [1.82, 2.24) is 20.0 Å². The van der Waals surface area contributed by atoms with Crippen molar-refractivity contribution in [3.8, 4) is 22.8 Å². The molecule has 4 heterocycles. The van der Waals surface area contributed by atoms with Crippen LogP contribution in [0.1, 0.15) is 24.5 Å². The monoisotopic (exact) mass is 541 g/mol. The smallest absolute Gasteiger partial charge is 0.170 e. The Balaban J connectivity index is 1.10. The first-order chi connectivity index (χ1) is 19.0. The van der Waals surface area contributed by atoms with Crippen molar-refractivity contribution in [3.05, 3.63) is 72.4 Å². The van der Waals surface area contributed by atoms with Gasteiger partial charge in [-0.1, -0.05) is 36.4 Å². The molecule has 0 aliphatic carbocycles. The Morgan fingerprint density at radius 3 is 2.64 bits per heavy atom. The molecule has 3 aliphatic rings. The lowest BCUT2D eigenvalue weighted by molar-refractivity contribution is 0.0303. The molecule has 0 spiro atoms. The summed E-state index contributed by atoms with van der Waals surface area (Å²) in [7, 11) is 5.38. The van der Waals surface area contributed by atoms with E-state index in [0.717, 1.165) is 48.7 Å². The Labute approximate surface area is 235 Å². The summed E-state index contributed by atoms with van der Waals surface area (Å²) in [6, 6.07) is 23.4. The summed E-state index contributed by atoms with van der Waals surface area (Å²) in [5.41, 5.74) is 4.34. The first-order valence-electron chi connectivity index (χ1n) is 13.6. The Morgan fingerprint density at radius 2 is 1.85 bits per heavy atom. The normalized spacial score (nSPS) is 22.0. The minimum Gasteiger partial charge on any atom is -0.493 e. The number of fused-ring (bicyclic) bond motifs is 4. The molecule has 0 radical (unpaired) electrons. The zero-order valence-electron chi connectivity index (χ0n) is 22.7. The molecule has 39 heavy (non-hydrogen) atoms. The molecule has 0 amide bonds. The number of methoxy groups -OCH3 is 2. The van der Waals surface area contributed by atoms with Crippen LogP contribution in [0, 0.1) is 5.92 Å². The van der Waals surface area contributed by atoms with Crippen molar-refractivity contribution < 1.29 is 9.47 Å². The predicted molar refractivity (Wildman–Crippen MR) is 161 cm³/mol. The third kappa shape index (κ3) is 5.06. The number of piperidine rings is 3. The molecule has 0 saturated carbocycles. The molecule has 3 fully saturated rings. The SMILES string of the molecule is COc1ccc(-c2cc(C3CN4CCC3CC4CNC(=S)Nc3cccc4ccccc34)n(C)n2)cc1OC. The fourth-order valence-electron chi connectivity index (χ4n) is 6.36. The number of aryl methyl sites for hydroxylation is 1. The van der Waals surface area contributed by atoms with Gasteiger partial charge in [0.1, 0.15) is 0 Å². The van der Waals surface area contributed by atoms with Crippen LogP contribution in [0.3, 0.4) is 0 Å². The van der Waals surface area contributed by atoms with Gasteiger partial charge in [-0.3, -0.25) is 9.58 Å². The van der Waals surface area contributed by atoms with E-state index in [2.05, 4.69) is 75.8 Å². The molecular formula is C31H35N5O2S. The Bertz CT molecular complexity index is 1500. The van der Waals surface area contributed by atoms with Crippen LogP contribution in [0.15, 0.2) is 66.7 Å². The van der Waals surface area contributed by atoms with Gasteiger partial charge >= 0.3 is 0 Å². The summed E-state index contributed by atoms with van der Waals surface area (Å²) >= 11 is 5.68. The van der Waals surface area contributed by atoms with Gasteiger partial charge in [0.05, 0.1) is 19.9 Å². The van der Waals surface area contributed by atoms with Crippen molar-refractivity contribution in [2.75, 3.05) is 39.2 Å². The number of hydrogen-bond donors (Lipinski definition) is 2. The maximum absolute atomic E-state index is 5.68. The van der Waals surface area contributed by atoms with E-state index in [1.807, 2.05) is 18.2 Å². The van der Waals surface area contributed by atoms with Crippen molar-refractivity contribution in [3.63, 3.8) is 0 Å². The number of ether oxygens (including phenoxy) is 2. The molecule has 3 aromatic carbocycles. The minimum atomic E-state index is 0.474. The van der Waals surface area contributed by atoms with E-state index in [1.54, 1.807) is 14.2 Å². The number of anilines is 1. The highest BCUT2D eigenvalue weighted by molar-refractivity contribution is 7.80. The molecule has 4 atom stereocenters. The van der Waals surface area contributed by atoms with E-state index in [9.17, 15) is 0 Å². The third-order valence-corrected chi connectivity index (χ3v) is 8.64. The molecular weight excluding hydrogens is 506 g/mol. The first-order valence-corrected chi connectivity index (χ1v) is 14.0. The van der Waals surface area contributed by atoms with E-state index in [1.165, 1.54) is 22.9 Å². The lowest BCUT2D eigenvalue weighted by Crippen LogP contribution is -2.56. The summed E-state index contributed by atoms with van der Waals surface area (Å²) in [6.45, 7) is 3.03. The van der Waals surface area contributed by atoms with Crippen LogP contribution in [0.2, 0.25) is 0 Å². The van der Waals surface area contributed by atoms with Crippen LogP contribution < -0.4 is 20.1 Å². The van der Waals surface area contributed by atoms with Crippen molar-refractivity contribution in [2.24, 2.45) is 13.0 Å². The molecule has 8 heteroatoms. The number of hydrogen-bond acceptors (Lipinski definition) is 5. The van der Waals surface area contributed by atoms with Crippen LogP contribution in [-0.4, -0.2) is 59.7 Å². The van der Waals surface area contributed by atoms with Crippen LogP contribution in [0.4, 0.5) is 5.69 Å². The molecule has 1 aromatic heterocycles. The molecule has 2 bridgehead atoms. The second-order valence-electron chi connectivity index (χ2n) is 10.5. The standard InChI is InChI=1S/C31H35N5O2S/c1-35-28(17-27(34-35)22-11-12-29(37-2)30(16-22)38-3)25-19-36-14-13-21(25)15-23(36)18-32-31(39)33-26-10-6-8-20-7-4-5-9-24(20)26/h4-12,16-17,21,23,25H,13-15,18-19H2,1-3H3,(H2,32,33,39). The van der Waals surface area contributed by atoms with Crippen molar-refractivity contribution in [1.29, 1.82) is 0 Å². The van der Waals surface area contributed by atoms with Gasteiger partial charge in [-0.15, -0.1) is 0 Å². The minimum absolute atomic E-state index is 0.474. The van der Waals surface area contributed by atoms with E-state index >= 15 is 0 Å². The van der Waals surface area contributed by atoms with Crippen molar-refractivity contribution in [2.45, 2.75) is 24.8 Å². The van der Waals surface area contributed by atoms with Gasteiger partial charge in [0.2, 0.25) is 0 Å². The Kier molecular flexibility index (Phi) is 7.14. The van der Waals surface area contributed by atoms with Gasteiger partial charge in [0.15, 0.2) is 16.6 Å². The fourth-order valence-corrected chi connectivity index (χ4v) is 6.56. The summed E-state index contributed by atoms with van der Waals surface area (Å²) in [5, 5.41) is 14.9. The highest BCUT2D eigenvalue weighted by Crippen LogP contribution is 2.42. The molecule has 3 saturated heterocycles. The van der Waals surface area contributed by atoms with E-state index in [4.69, 9.17) is 26.8 Å². The van der Waals surface area contributed by atoms with Gasteiger partial charge < -0.3 is 20.1 Å². The quantitative estimate of drug-likeness (QED) is 0.303. The van der Waals surface area contributed by atoms with Gasteiger partial charge in [-0.05, 0) is 73.2 Å². The maximum Gasteiger partial charge on any atom is 0.170 e. The Morgan fingerprint density at radius 1 is 1.03 bits per heavy atom. The zero-order valence-corrected chi connectivity index (χ0v) is 23.5. The second-order valence-corrected chi connectivity index (χ2v) is 11.0. The number of nitrogens with one attached hydrogen (secondary N) is 2. The number of nitrogens with zero attached hydrogens (tertiary/aromatic N) is 3. The predicted octanol–water partition coefficient (Wildman–Crippen LogP) is 5.42. The molecule has 2 N–H and O–H groups in total. The van der Waals surface area contributed by atoms with Crippen LogP contribution >= 0.6 is 12.2 Å². The highest BCUT2D eigenvalue weighted by Gasteiger charge is 2.41. The Hall–Kier alpha value is -3.62. The number of benzene rings is 3. The van der Waals surface area contributed by atoms with E-state index in [-0.39, 0.29) is 0 Å². The highest BCUT2D eigenvalue weighted by atomic mass is 32.1. The maximum atomic E-state index is 5.68. The lowest BCUT2D eigenvalue weighted by Gasteiger charge is -2.50. The van der Waals surface area contributed by atoms with Crippen LogP contribution in [-0.2, 0) is 7.05 Å². The molecule has 202 valence electrons. The van der Waals surface area contributed by atoms with Gasteiger partial charge in [-0.25, -0.2) is 0 Å². The van der Waals surface area contributed by atoms with Gasteiger partial charge in [0.25, 0.3) is 0 Å². The average molecular weight is 542 g/mol. The first kappa shape index (κ1) is 25.6. The summed E-state index contributed by atoms with van der Waals surface area (Å²) < 4.78 is 13.0. The summed E-state index contributed by atoms with van der Waals surface area (Å²) in [5.74, 6) is 2.55. The molecule has 7 rings (SSSR count). The topological polar surface area (TPSA) is 63.6 Å². The largest absolute Gasteiger partial charge is 0.493 e.